The Morgan fingerprint density at radius 1 is 1.03 bits per heavy atom. The van der Waals surface area contributed by atoms with Gasteiger partial charge in [-0.3, -0.25) is 9.20 Å². The number of hydrogen-bond acceptors (Lipinski definition) is 8. The van der Waals surface area contributed by atoms with Gasteiger partial charge >= 0.3 is 0 Å². The molecule has 3 aromatic heterocycles. The zero-order valence-corrected chi connectivity index (χ0v) is 20.5. The van der Waals surface area contributed by atoms with Gasteiger partial charge in [0.25, 0.3) is 11.8 Å². The van der Waals surface area contributed by atoms with Gasteiger partial charge in [0.15, 0.2) is 5.82 Å². The number of carbonyl (C=O) groups excluding carboxylic acids is 1. The number of amides is 1. The van der Waals surface area contributed by atoms with Gasteiger partial charge in [0.2, 0.25) is 11.5 Å². The summed E-state index contributed by atoms with van der Waals surface area (Å²) < 4.78 is 12.5. The molecule has 35 heavy (non-hydrogen) atoms. The summed E-state index contributed by atoms with van der Waals surface area (Å²) in [6.45, 7) is 7.97. The largest absolute Gasteiger partial charge is 0.481 e. The minimum atomic E-state index is -0.324. The van der Waals surface area contributed by atoms with Crippen molar-refractivity contribution < 1.29 is 14.3 Å². The quantitative estimate of drug-likeness (QED) is 0.454. The molecule has 2 unspecified atom stereocenters. The molecule has 1 fully saturated rings. The second-order valence-corrected chi connectivity index (χ2v) is 8.96. The fourth-order valence-electron chi connectivity index (χ4n) is 4.75. The van der Waals surface area contributed by atoms with E-state index in [1.807, 2.05) is 37.4 Å². The molecule has 1 aliphatic rings. The van der Waals surface area contributed by atoms with Crippen LogP contribution in [-0.4, -0.2) is 64.7 Å². The molecule has 1 aliphatic heterocycles. The number of imidazole rings is 1. The maximum absolute atomic E-state index is 13.4. The Balaban J connectivity index is 1.55. The summed E-state index contributed by atoms with van der Waals surface area (Å²) in [5, 5.41) is 7.35. The normalized spacial score (nSPS) is 18.1. The molecule has 182 valence electrons. The standard InChI is InChI=1S/C25H29N7O3/c1-14-10-31(11-15(2)26-14)19-8-6-18(22-17(19)7-9-21(30-22)34-4)24(33)28-20-13-32-12-16(3)27-23(32)25(29-20)35-5/h6-9,12-15,26H,10-11H2,1-5H3,(H,28,33). The maximum Gasteiger partial charge on any atom is 0.260 e. The number of rotatable bonds is 5. The number of aryl methyl sites for hydroxylation is 1. The SMILES string of the molecule is COc1ccc2c(N3CC(C)NC(C)C3)ccc(C(=O)Nc3cn4cc(C)nc4c(OC)n3)c2n1. The molecule has 4 aromatic rings. The lowest BCUT2D eigenvalue weighted by molar-refractivity contribution is 0.102. The highest BCUT2D eigenvalue weighted by molar-refractivity contribution is 6.13. The number of nitrogens with zero attached hydrogens (tertiary/aromatic N) is 5. The smallest absolute Gasteiger partial charge is 0.260 e. The lowest BCUT2D eigenvalue weighted by atomic mass is 10.0. The second kappa shape index (κ2) is 9.03. The highest BCUT2D eigenvalue weighted by atomic mass is 16.5. The number of benzene rings is 1. The van der Waals surface area contributed by atoms with Crippen LogP contribution >= 0.6 is 0 Å². The van der Waals surface area contributed by atoms with Crippen LogP contribution in [0.2, 0.25) is 0 Å². The van der Waals surface area contributed by atoms with Crippen molar-refractivity contribution >= 4 is 34.0 Å². The number of methoxy groups -OCH3 is 2. The number of piperazine rings is 1. The van der Waals surface area contributed by atoms with Crippen molar-refractivity contribution in [1.82, 2.24) is 24.7 Å². The summed E-state index contributed by atoms with van der Waals surface area (Å²) >= 11 is 0. The van der Waals surface area contributed by atoms with Gasteiger partial charge in [-0.05, 0) is 39.0 Å². The lowest BCUT2D eigenvalue weighted by Crippen LogP contribution is -2.54. The first-order valence-electron chi connectivity index (χ1n) is 11.6. The van der Waals surface area contributed by atoms with Crippen molar-refractivity contribution in [2.75, 3.05) is 37.5 Å². The summed E-state index contributed by atoms with van der Waals surface area (Å²) in [5.41, 5.74) is 3.46. The zero-order chi connectivity index (χ0) is 24.7. The molecule has 0 aliphatic carbocycles. The maximum atomic E-state index is 13.4. The van der Waals surface area contributed by atoms with Crippen LogP contribution in [0, 0.1) is 6.92 Å². The number of carbonyl (C=O) groups is 1. The Bertz CT molecular complexity index is 1410. The van der Waals surface area contributed by atoms with Crippen LogP contribution in [0.3, 0.4) is 0 Å². The highest BCUT2D eigenvalue weighted by Crippen LogP contribution is 2.32. The predicted molar refractivity (Wildman–Crippen MR) is 135 cm³/mol. The van der Waals surface area contributed by atoms with Crippen molar-refractivity contribution in [2.45, 2.75) is 32.9 Å². The molecule has 0 radical (unpaired) electrons. The van der Waals surface area contributed by atoms with Gasteiger partial charge in [-0.1, -0.05) is 0 Å². The van der Waals surface area contributed by atoms with E-state index in [1.165, 1.54) is 7.11 Å². The number of anilines is 2. The topological polar surface area (TPSA) is 106 Å². The third-order valence-electron chi connectivity index (χ3n) is 6.12. The summed E-state index contributed by atoms with van der Waals surface area (Å²) in [5.74, 6) is 0.801. The van der Waals surface area contributed by atoms with E-state index in [0.717, 1.165) is 29.9 Å². The van der Waals surface area contributed by atoms with E-state index < -0.39 is 0 Å². The Morgan fingerprint density at radius 2 is 1.80 bits per heavy atom. The molecule has 2 atom stereocenters. The summed E-state index contributed by atoms with van der Waals surface area (Å²) in [7, 11) is 3.09. The molecule has 10 heteroatoms. The minimum Gasteiger partial charge on any atom is -0.481 e. The van der Waals surface area contributed by atoms with E-state index in [9.17, 15) is 4.79 Å². The highest BCUT2D eigenvalue weighted by Gasteiger charge is 2.24. The second-order valence-electron chi connectivity index (χ2n) is 8.96. The Labute approximate surface area is 203 Å². The molecular formula is C25H29N7O3. The van der Waals surface area contributed by atoms with Gasteiger partial charge in [-0.15, -0.1) is 0 Å². The Kier molecular flexibility index (Phi) is 5.89. The lowest BCUT2D eigenvalue weighted by Gasteiger charge is -2.38. The molecule has 4 heterocycles. The molecule has 2 N–H and O–H groups in total. The fourth-order valence-corrected chi connectivity index (χ4v) is 4.75. The van der Waals surface area contributed by atoms with Crippen molar-refractivity contribution in [2.24, 2.45) is 0 Å². The number of nitrogens with one attached hydrogen (secondary N) is 2. The molecule has 10 nitrogen and oxygen atoms in total. The first-order valence-corrected chi connectivity index (χ1v) is 11.6. The van der Waals surface area contributed by atoms with E-state index in [2.05, 4.69) is 44.3 Å². The van der Waals surface area contributed by atoms with Crippen molar-refractivity contribution in [1.29, 1.82) is 0 Å². The Hall–Kier alpha value is -3.92. The number of fused-ring (bicyclic) bond motifs is 2. The first kappa shape index (κ1) is 22.9. The number of hydrogen-bond donors (Lipinski definition) is 2. The summed E-state index contributed by atoms with van der Waals surface area (Å²) in [6, 6.07) is 8.30. The molecule has 0 saturated carbocycles. The van der Waals surface area contributed by atoms with Crippen LogP contribution in [0.1, 0.15) is 29.9 Å². The molecule has 0 spiro atoms. The average Bonchev–Trinajstić information content (AvgIpc) is 3.21. The minimum absolute atomic E-state index is 0.324. The van der Waals surface area contributed by atoms with Gasteiger partial charge in [0.1, 0.15) is 0 Å². The third-order valence-corrected chi connectivity index (χ3v) is 6.12. The fraction of sp³-hybridized carbons (Fsp3) is 0.360. The number of ether oxygens (including phenoxy) is 2. The van der Waals surface area contributed by atoms with E-state index in [-0.39, 0.29) is 5.91 Å². The predicted octanol–water partition coefficient (Wildman–Crippen LogP) is 3.04. The average molecular weight is 476 g/mol. The summed E-state index contributed by atoms with van der Waals surface area (Å²) in [6.07, 6.45) is 3.56. The van der Waals surface area contributed by atoms with Gasteiger partial charge < -0.3 is 25.0 Å². The number of aromatic nitrogens is 4. The molecule has 1 saturated heterocycles. The van der Waals surface area contributed by atoms with Crippen LogP contribution in [0.15, 0.2) is 36.7 Å². The molecule has 0 bridgehead atoms. The molecule has 1 aromatic carbocycles. The molecule has 5 rings (SSSR count). The van der Waals surface area contributed by atoms with E-state index in [1.54, 1.807) is 17.7 Å². The van der Waals surface area contributed by atoms with Gasteiger partial charge in [0.05, 0.1) is 37.2 Å². The van der Waals surface area contributed by atoms with Crippen LogP contribution in [0.25, 0.3) is 16.6 Å². The van der Waals surface area contributed by atoms with Crippen LogP contribution in [0.4, 0.5) is 11.5 Å². The van der Waals surface area contributed by atoms with E-state index in [0.29, 0.717) is 46.4 Å². The van der Waals surface area contributed by atoms with E-state index >= 15 is 0 Å². The zero-order valence-electron chi connectivity index (χ0n) is 20.5. The van der Waals surface area contributed by atoms with Crippen LogP contribution in [-0.2, 0) is 0 Å². The first-order chi connectivity index (χ1) is 16.9. The Morgan fingerprint density at radius 3 is 2.51 bits per heavy atom. The molecule has 1 amide bonds. The van der Waals surface area contributed by atoms with Gasteiger partial charge in [0, 0.05) is 48.5 Å². The van der Waals surface area contributed by atoms with E-state index in [4.69, 9.17) is 9.47 Å². The van der Waals surface area contributed by atoms with Crippen molar-refractivity contribution in [3.8, 4) is 11.8 Å². The van der Waals surface area contributed by atoms with Crippen LogP contribution < -0.4 is 25.0 Å². The number of pyridine rings is 1. The van der Waals surface area contributed by atoms with Crippen molar-refractivity contribution in [3.63, 3.8) is 0 Å². The van der Waals surface area contributed by atoms with Gasteiger partial charge in [-0.25, -0.2) is 9.97 Å². The van der Waals surface area contributed by atoms with Crippen LogP contribution in [0.5, 0.6) is 11.8 Å². The van der Waals surface area contributed by atoms with Gasteiger partial charge in [-0.2, -0.15) is 4.98 Å². The third kappa shape index (κ3) is 4.32. The summed E-state index contributed by atoms with van der Waals surface area (Å²) in [4.78, 5) is 29.3. The molecular weight excluding hydrogens is 446 g/mol. The monoisotopic (exact) mass is 475 g/mol. The van der Waals surface area contributed by atoms with Crippen molar-refractivity contribution in [3.05, 3.63) is 47.9 Å².